The largest absolute Gasteiger partial charge is 0.453 e. The highest BCUT2D eigenvalue weighted by Crippen LogP contribution is 2.33. The van der Waals surface area contributed by atoms with E-state index in [9.17, 15) is 26.3 Å². The Morgan fingerprint density at radius 1 is 1.14 bits per heavy atom. The molecule has 0 unspecified atom stereocenters. The van der Waals surface area contributed by atoms with E-state index in [2.05, 4.69) is 16.1 Å². The van der Waals surface area contributed by atoms with Gasteiger partial charge in [0, 0.05) is 5.02 Å². The summed E-state index contributed by atoms with van der Waals surface area (Å²) in [6.45, 7) is -0.592. The van der Waals surface area contributed by atoms with Gasteiger partial charge in [-0.3, -0.25) is 0 Å². The normalized spacial score (nSPS) is 12.7. The highest BCUT2D eigenvalue weighted by molar-refractivity contribution is 6.31. The number of halogens is 7. The lowest BCUT2D eigenvalue weighted by Gasteiger charge is -2.09. The van der Waals surface area contributed by atoms with E-state index in [1.165, 1.54) is 18.2 Å². The van der Waals surface area contributed by atoms with Crippen molar-refractivity contribution in [3.05, 3.63) is 46.5 Å². The molecule has 10 heteroatoms. The van der Waals surface area contributed by atoms with E-state index >= 15 is 0 Å². The molecule has 0 fully saturated rings. The first-order valence-corrected chi connectivity index (χ1v) is 5.70. The van der Waals surface area contributed by atoms with Crippen molar-refractivity contribution in [2.24, 2.45) is 0 Å². The molecular weight excluding hydrogens is 324 g/mol. The van der Waals surface area contributed by atoms with Gasteiger partial charge in [0.2, 0.25) is 5.82 Å². The van der Waals surface area contributed by atoms with Crippen LogP contribution in [0.3, 0.4) is 0 Å². The summed E-state index contributed by atoms with van der Waals surface area (Å²) in [5, 5.41) is 2.94. The zero-order valence-corrected chi connectivity index (χ0v) is 10.7. The minimum Gasteiger partial charge on any atom is -0.237 e. The standard InChI is InChI=1S/C11H5ClF6N3/c12-7-4-2-1-3-6(7)5-21-9(11(16,17)18)19-8(20-21)10(13,14)15/h1,3-4H,5H2. The van der Waals surface area contributed by atoms with Crippen molar-refractivity contribution < 1.29 is 26.3 Å². The quantitative estimate of drug-likeness (QED) is 0.785. The van der Waals surface area contributed by atoms with Crippen molar-refractivity contribution in [1.82, 2.24) is 14.8 Å². The van der Waals surface area contributed by atoms with Crippen LogP contribution in [-0.4, -0.2) is 14.8 Å². The molecule has 113 valence electrons. The Hall–Kier alpha value is -1.77. The highest BCUT2D eigenvalue weighted by atomic mass is 35.5. The molecule has 0 N–H and O–H groups in total. The van der Waals surface area contributed by atoms with Crippen LogP contribution in [0.1, 0.15) is 17.2 Å². The summed E-state index contributed by atoms with van der Waals surface area (Å²) in [6.07, 6.45) is -10.1. The molecule has 1 radical (unpaired) electrons. The van der Waals surface area contributed by atoms with Gasteiger partial charge in [-0.15, -0.1) is 5.10 Å². The molecule has 0 atom stereocenters. The zero-order chi connectivity index (χ0) is 15.8. The minimum absolute atomic E-state index is 0.0645. The van der Waals surface area contributed by atoms with Gasteiger partial charge in [0.25, 0.3) is 5.82 Å². The van der Waals surface area contributed by atoms with E-state index in [1.54, 1.807) is 0 Å². The van der Waals surface area contributed by atoms with Crippen molar-refractivity contribution in [3.8, 4) is 0 Å². The Bertz CT molecular complexity index is 646. The van der Waals surface area contributed by atoms with E-state index in [0.717, 1.165) is 0 Å². The van der Waals surface area contributed by atoms with Crippen LogP contribution < -0.4 is 0 Å². The highest BCUT2D eigenvalue weighted by Gasteiger charge is 2.44. The fourth-order valence-electron chi connectivity index (χ4n) is 1.51. The van der Waals surface area contributed by atoms with E-state index in [1.807, 2.05) is 0 Å². The number of hydrogen-bond acceptors (Lipinski definition) is 2. The maximum atomic E-state index is 12.7. The van der Waals surface area contributed by atoms with Crippen LogP contribution in [0.4, 0.5) is 26.3 Å². The molecule has 0 spiro atoms. The number of nitrogens with zero attached hydrogens (tertiary/aromatic N) is 3. The van der Waals surface area contributed by atoms with Crippen molar-refractivity contribution in [3.63, 3.8) is 0 Å². The lowest BCUT2D eigenvalue weighted by Crippen LogP contribution is -2.16. The molecule has 0 aliphatic rings. The van der Waals surface area contributed by atoms with Crippen LogP contribution in [0.25, 0.3) is 0 Å². The first kappa shape index (κ1) is 15.6. The van der Waals surface area contributed by atoms with Gasteiger partial charge in [0.05, 0.1) is 6.54 Å². The summed E-state index contributed by atoms with van der Waals surface area (Å²) in [5.74, 6) is -3.59. The molecule has 0 bridgehead atoms. The van der Waals surface area contributed by atoms with Crippen LogP contribution in [-0.2, 0) is 18.9 Å². The fourth-order valence-corrected chi connectivity index (χ4v) is 1.70. The van der Waals surface area contributed by atoms with Crippen molar-refractivity contribution in [2.75, 3.05) is 0 Å². The molecule has 1 aromatic carbocycles. The second kappa shape index (κ2) is 5.21. The average Bonchev–Trinajstić information content (AvgIpc) is 2.75. The Balaban J connectivity index is 2.47. The summed E-state index contributed by atoms with van der Waals surface area (Å²) >= 11 is 5.74. The molecule has 1 heterocycles. The number of benzene rings is 1. The van der Waals surface area contributed by atoms with Crippen LogP contribution in [0, 0.1) is 6.07 Å². The first-order valence-electron chi connectivity index (χ1n) is 5.33. The second-order valence-corrected chi connectivity index (χ2v) is 4.34. The van der Waals surface area contributed by atoms with Crippen LogP contribution in [0.15, 0.2) is 18.2 Å². The van der Waals surface area contributed by atoms with E-state index in [4.69, 9.17) is 11.6 Å². The van der Waals surface area contributed by atoms with Gasteiger partial charge < -0.3 is 0 Å². The van der Waals surface area contributed by atoms with Gasteiger partial charge in [-0.1, -0.05) is 23.7 Å². The maximum absolute atomic E-state index is 12.7. The molecule has 1 aromatic heterocycles. The Morgan fingerprint density at radius 2 is 1.81 bits per heavy atom. The third-order valence-corrected chi connectivity index (χ3v) is 2.75. The monoisotopic (exact) mass is 328 g/mol. The summed E-state index contributed by atoms with van der Waals surface area (Å²) in [4.78, 5) is 2.53. The lowest BCUT2D eigenvalue weighted by molar-refractivity contribution is -0.150. The third kappa shape index (κ3) is 3.46. The minimum atomic E-state index is -5.07. The first-order chi connectivity index (χ1) is 9.59. The summed E-state index contributed by atoms with van der Waals surface area (Å²) in [5.41, 5.74) is 0.166. The Labute approximate surface area is 119 Å². The van der Waals surface area contributed by atoms with Gasteiger partial charge in [-0.05, 0) is 17.7 Å². The van der Waals surface area contributed by atoms with Gasteiger partial charge in [0.1, 0.15) is 0 Å². The van der Waals surface area contributed by atoms with Crippen LogP contribution in [0.2, 0.25) is 5.02 Å². The molecular formula is C11H5ClF6N3. The van der Waals surface area contributed by atoms with Crippen molar-refractivity contribution in [1.29, 1.82) is 0 Å². The third-order valence-electron chi connectivity index (χ3n) is 2.40. The van der Waals surface area contributed by atoms with Crippen molar-refractivity contribution in [2.45, 2.75) is 18.9 Å². The molecule has 3 nitrogen and oxygen atoms in total. The summed E-state index contributed by atoms with van der Waals surface area (Å²) in [6, 6.07) is 6.57. The SMILES string of the molecule is FC(F)(F)c1nc(C(F)(F)F)n(Cc2cc[c]cc2Cl)n1. The van der Waals surface area contributed by atoms with Gasteiger partial charge in [0.15, 0.2) is 0 Å². The van der Waals surface area contributed by atoms with Gasteiger partial charge in [-0.25, -0.2) is 4.68 Å². The molecule has 0 amide bonds. The number of alkyl halides is 6. The number of hydrogen-bond donors (Lipinski definition) is 0. The fraction of sp³-hybridized carbons (Fsp3) is 0.273. The van der Waals surface area contributed by atoms with Crippen LogP contribution >= 0.6 is 11.6 Å². The number of aromatic nitrogens is 3. The van der Waals surface area contributed by atoms with E-state index < -0.39 is 30.5 Å². The predicted octanol–water partition coefficient (Wildman–Crippen LogP) is 3.82. The summed E-state index contributed by atoms with van der Waals surface area (Å²) < 4.78 is 75.7. The lowest BCUT2D eigenvalue weighted by atomic mass is 10.2. The topological polar surface area (TPSA) is 30.7 Å². The van der Waals surface area contributed by atoms with E-state index in [-0.39, 0.29) is 15.3 Å². The van der Waals surface area contributed by atoms with Gasteiger partial charge in [-0.2, -0.15) is 31.3 Å². The van der Waals surface area contributed by atoms with Crippen molar-refractivity contribution >= 4 is 11.6 Å². The Kier molecular flexibility index (Phi) is 3.87. The molecule has 0 aliphatic heterocycles. The maximum Gasteiger partial charge on any atom is 0.453 e. The average molecular weight is 329 g/mol. The van der Waals surface area contributed by atoms with E-state index in [0.29, 0.717) is 0 Å². The number of rotatable bonds is 2. The zero-order valence-electron chi connectivity index (χ0n) is 9.93. The predicted molar refractivity (Wildman–Crippen MR) is 59.4 cm³/mol. The molecule has 2 aromatic rings. The smallest absolute Gasteiger partial charge is 0.237 e. The van der Waals surface area contributed by atoms with Gasteiger partial charge >= 0.3 is 12.4 Å². The molecule has 0 aliphatic carbocycles. The summed E-state index contributed by atoms with van der Waals surface area (Å²) in [7, 11) is 0. The molecule has 0 saturated heterocycles. The molecule has 21 heavy (non-hydrogen) atoms. The van der Waals surface area contributed by atoms with Crippen LogP contribution in [0.5, 0.6) is 0 Å². The Morgan fingerprint density at radius 3 is 2.33 bits per heavy atom. The second-order valence-electron chi connectivity index (χ2n) is 3.93. The molecule has 0 saturated carbocycles. The molecule has 2 rings (SSSR count).